The Morgan fingerprint density at radius 2 is 1.93 bits per heavy atom. The van der Waals surface area contributed by atoms with E-state index in [0.717, 1.165) is 5.56 Å². The van der Waals surface area contributed by atoms with E-state index >= 15 is 0 Å². The van der Waals surface area contributed by atoms with Crippen LogP contribution in [0, 0.1) is 0 Å². The molecule has 3 aromatic heterocycles. The van der Waals surface area contributed by atoms with Gasteiger partial charge in [0.1, 0.15) is 5.69 Å². The summed E-state index contributed by atoms with van der Waals surface area (Å²) in [5, 5.41) is 26.2. The van der Waals surface area contributed by atoms with E-state index in [1.54, 1.807) is 31.2 Å². The molecule has 3 aromatic rings. The van der Waals surface area contributed by atoms with Crippen LogP contribution in [-0.2, 0) is 32.0 Å². The maximum Gasteiger partial charge on any atom is 0.305 e. The van der Waals surface area contributed by atoms with Crippen LogP contribution in [0.5, 0.6) is 0 Å². The first-order chi connectivity index (χ1) is 13.8. The number of aromatic nitrogens is 6. The van der Waals surface area contributed by atoms with Crippen LogP contribution in [0.4, 0.5) is 5.69 Å². The molecule has 0 saturated carbocycles. The standard InChI is InChI=1S/C17H20N8O4/c1-23-10-11(8-19-23)7-18-17(29)15-13(9-20-24(15)2)21-16(28)12-3-5-25(22-12)6-4-14(26)27/h3,5,8-10H,4,6-7H2,1-2H3,(H,18,29)(H,21,28)(H,26,27). The summed E-state index contributed by atoms with van der Waals surface area (Å²) in [6, 6.07) is 1.47. The predicted octanol–water partition coefficient (Wildman–Crippen LogP) is 0.00710. The Labute approximate surface area is 165 Å². The van der Waals surface area contributed by atoms with Crippen LogP contribution in [0.3, 0.4) is 0 Å². The highest BCUT2D eigenvalue weighted by atomic mass is 16.4. The first-order valence-corrected chi connectivity index (χ1v) is 8.68. The minimum absolute atomic E-state index is 0.0981. The van der Waals surface area contributed by atoms with Gasteiger partial charge in [-0.05, 0) is 6.07 Å². The number of carbonyl (C=O) groups is 3. The number of rotatable bonds is 8. The summed E-state index contributed by atoms with van der Waals surface area (Å²) in [5.41, 5.74) is 1.36. The molecule has 3 heterocycles. The number of nitrogens with one attached hydrogen (secondary N) is 2. The Kier molecular flexibility index (Phi) is 5.71. The summed E-state index contributed by atoms with van der Waals surface area (Å²) in [6.45, 7) is 0.427. The van der Waals surface area contributed by atoms with Crippen molar-refractivity contribution in [3.05, 3.63) is 47.8 Å². The second-order valence-corrected chi connectivity index (χ2v) is 6.30. The molecule has 0 bridgehead atoms. The third-order valence-electron chi connectivity index (χ3n) is 4.04. The van der Waals surface area contributed by atoms with Gasteiger partial charge in [-0.15, -0.1) is 0 Å². The van der Waals surface area contributed by atoms with E-state index in [-0.39, 0.29) is 36.6 Å². The van der Waals surface area contributed by atoms with Crippen LogP contribution in [-0.4, -0.2) is 52.2 Å². The van der Waals surface area contributed by atoms with Gasteiger partial charge >= 0.3 is 5.97 Å². The van der Waals surface area contributed by atoms with Crippen molar-refractivity contribution in [2.45, 2.75) is 19.5 Å². The fraction of sp³-hybridized carbons (Fsp3) is 0.294. The predicted molar refractivity (Wildman–Crippen MR) is 100 cm³/mol. The van der Waals surface area contributed by atoms with E-state index in [2.05, 4.69) is 25.9 Å². The number of hydrogen-bond donors (Lipinski definition) is 3. The number of anilines is 1. The molecular formula is C17H20N8O4. The van der Waals surface area contributed by atoms with Gasteiger partial charge in [-0.3, -0.25) is 28.4 Å². The maximum absolute atomic E-state index is 12.6. The molecule has 0 saturated heterocycles. The van der Waals surface area contributed by atoms with Crippen LogP contribution in [0.2, 0.25) is 0 Å². The molecule has 29 heavy (non-hydrogen) atoms. The Balaban J connectivity index is 1.66. The van der Waals surface area contributed by atoms with Gasteiger partial charge in [0.2, 0.25) is 0 Å². The normalized spacial score (nSPS) is 10.7. The van der Waals surface area contributed by atoms with Crippen molar-refractivity contribution in [2.24, 2.45) is 14.1 Å². The molecule has 2 amide bonds. The molecule has 3 rings (SSSR count). The second-order valence-electron chi connectivity index (χ2n) is 6.30. The molecular weight excluding hydrogens is 380 g/mol. The first-order valence-electron chi connectivity index (χ1n) is 8.68. The van der Waals surface area contributed by atoms with Crippen molar-refractivity contribution >= 4 is 23.5 Å². The molecule has 3 N–H and O–H groups in total. The number of carboxylic acid groups (broad SMARTS) is 1. The minimum Gasteiger partial charge on any atom is -0.481 e. The molecule has 0 spiro atoms. The average Bonchev–Trinajstić information content (AvgIpc) is 3.39. The van der Waals surface area contributed by atoms with Gasteiger partial charge in [-0.2, -0.15) is 15.3 Å². The Bertz CT molecular complexity index is 1050. The van der Waals surface area contributed by atoms with Crippen LogP contribution in [0.1, 0.15) is 33.0 Å². The van der Waals surface area contributed by atoms with Crippen molar-refractivity contribution in [3.63, 3.8) is 0 Å². The monoisotopic (exact) mass is 400 g/mol. The molecule has 0 aliphatic rings. The summed E-state index contributed by atoms with van der Waals surface area (Å²) in [6.07, 6.45) is 6.22. The summed E-state index contributed by atoms with van der Waals surface area (Å²) in [7, 11) is 3.37. The van der Waals surface area contributed by atoms with Crippen molar-refractivity contribution in [1.29, 1.82) is 0 Å². The Hall–Kier alpha value is -3.96. The lowest BCUT2D eigenvalue weighted by molar-refractivity contribution is -0.137. The van der Waals surface area contributed by atoms with Crippen molar-refractivity contribution in [1.82, 2.24) is 34.7 Å². The fourth-order valence-electron chi connectivity index (χ4n) is 2.63. The summed E-state index contributed by atoms with van der Waals surface area (Å²) < 4.78 is 4.36. The van der Waals surface area contributed by atoms with Crippen molar-refractivity contribution in [3.8, 4) is 0 Å². The van der Waals surface area contributed by atoms with E-state index in [1.807, 2.05) is 0 Å². The van der Waals surface area contributed by atoms with E-state index in [0.29, 0.717) is 0 Å². The number of carbonyl (C=O) groups excluding carboxylic acids is 2. The first kappa shape index (κ1) is 19.8. The summed E-state index contributed by atoms with van der Waals surface area (Å²) >= 11 is 0. The quantitative estimate of drug-likeness (QED) is 0.482. The molecule has 0 aliphatic carbocycles. The molecule has 0 aliphatic heterocycles. The molecule has 12 nitrogen and oxygen atoms in total. The molecule has 0 radical (unpaired) electrons. The largest absolute Gasteiger partial charge is 0.481 e. The van der Waals surface area contributed by atoms with Crippen LogP contribution in [0.25, 0.3) is 0 Å². The maximum atomic E-state index is 12.6. The zero-order valence-electron chi connectivity index (χ0n) is 15.9. The lowest BCUT2D eigenvalue weighted by Crippen LogP contribution is -2.26. The van der Waals surface area contributed by atoms with Crippen LogP contribution < -0.4 is 10.6 Å². The smallest absolute Gasteiger partial charge is 0.305 e. The van der Waals surface area contributed by atoms with Gasteiger partial charge in [0, 0.05) is 38.6 Å². The van der Waals surface area contributed by atoms with Crippen molar-refractivity contribution < 1.29 is 19.5 Å². The minimum atomic E-state index is -0.955. The van der Waals surface area contributed by atoms with E-state index < -0.39 is 17.8 Å². The van der Waals surface area contributed by atoms with Gasteiger partial charge in [0.15, 0.2) is 5.69 Å². The van der Waals surface area contributed by atoms with Gasteiger partial charge in [-0.1, -0.05) is 0 Å². The van der Waals surface area contributed by atoms with E-state index in [1.165, 1.54) is 27.8 Å². The van der Waals surface area contributed by atoms with Crippen LogP contribution >= 0.6 is 0 Å². The van der Waals surface area contributed by atoms with Gasteiger partial charge in [0.25, 0.3) is 11.8 Å². The fourth-order valence-corrected chi connectivity index (χ4v) is 2.63. The van der Waals surface area contributed by atoms with Gasteiger partial charge in [-0.25, -0.2) is 0 Å². The third-order valence-corrected chi connectivity index (χ3v) is 4.04. The Morgan fingerprint density at radius 1 is 1.14 bits per heavy atom. The van der Waals surface area contributed by atoms with Gasteiger partial charge < -0.3 is 15.7 Å². The lowest BCUT2D eigenvalue weighted by Gasteiger charge is -2.08. The van der Waals surface area contributed by atoms with E-state index in [4.69, 9.17) is 5.11 Å². The molecule has 12 heteroatoms. The summed E-state index contributed by atoms with van der Waals surface area (Å²) in [5.74, 6) is -1.90. The SMILES string of the molecule is Cn1cc(CNC(=O)c2c(NC(=O)c3ccn(CCC(=O)O)n3)cnn2C)cn1. The zero-order valence-corrected chi connectivity index (χ0v) is 15.9. The van der Waals surface area contributed by atoms with Gasteiger partial charge in [0.05, 0.1) is 31.0 Å². The zero-order chi connectivity index (χ0) is 21.0. The second kappa shape index (κ2) is 8.37. The highest BCUT2D eigenvalue weighted by Gasteiger charge is 2.20. The number of hydrogen-bond acceptors (Lipinski definition) is 6. The number of nitrogens with zero attached hydrogens (tertiary/aromatic N) is 6. The molecule has 0 unspecified atom stereocenters. The van der Waals surface area contributed by atoms with Crippen molar-refractivity contribution in [2.75, 3.05) is 5.32 Å². The number of aryl methyl sites for hydroxylation is 3. The molecule has 152 valence electrons. The van der Waals surface area contributed by atoms with Crippen LogP contribution in [0.15, 0.2) is 30.9 Å². The lowest BCUT2D eigenvalue weighted by atomic mass is 10.3. The molecule has 0 fully saturated rings. The highest BCUT2D eigenvalue weighted by Crippen LogP contribution is 2.15. The highest BCUT2D eigenvalue weighted by molar-refractivity contribution is 6.07. The Morgan fingerprint density at radius 3 is 2.62 bits per heavy atom. The third kappa shape index (κ3) is 4.86. The number of carboxylic acids is 1. The topological polar surface area (TPSA) is 149 Å². The van der Waals surface area contributed by atoms with E-state index in [9.17, 15) is 14.4 Å². The number of amides is 2. The average molecular weight is 400 g/mol. The molecule has 0 aromatic carbocycles. The molecule has 0 atom stereocenters. The number of aliphatic carboxylic acids is 1. The summed E-state index contributed by atoms with van der Waals surface area (Å²) in [4.78, 5) is 35.7.